The lowest BCUT2D eigenvalue weighted by Gasteiger charge is -2.23. The third kappa shape index (κ3) is 2.29. The summed E-state index contributed by atoms with van der Waals surface area (Å²) in [6.45, 7) is 3.01. The molecule has 5 heteroatoms. The van der Waals surface area contributed by atoms with Crippen molar-refractivity contribution in [1.82, 2.24) is 10.3 Å². The molecule has 2 heterocycles. The van der Waals surface area contributed by atoms with Gasteiger partial charge in [0.1, 0.15) is 6.04 Å². The molecule has 92 valence electrons. The van der Waals surface area contributed by atoms with Crippen LogP contribution in [0.4, 0.5) is 5.13 Å². The van der Waals surface area contributed by atoms with Gasteiger partial charge in [0.2, 0.25) is 5.91 Å². The molecule has 0 spiro atoms. The summed E-state index contributed by atoms with van der Waals surface area (Å²) in [6.07, 6.45) is 6.22. The molecule has 17 heavy (non-hydrogen) atoms. The highest BCUT2D eigenvalue weighted by Crippen LogP contribution is 2.30. The van der Waals surface area contributed by atoms with Crippen molar-refractivity contribution in [3.8, 4) is 0 Å². The Hall–Kier alpha value is -1.10. The van der Waals surface area contributed by atoms with Gasteiger partial charge in [0.05, 0.1) is 0 Å². The van der Waals surface area contributed by atoms with E-state index in [1.54, 1.807) is 11.3 Å². The SMILES string of the molecule is Cc1cnc(N2CCCC2C(=O)NC2CC2)s1. The fraction of sp³-hybridized carbons (Fsp3) is 0.667. The summed E-state index contributed by atoms with van der Waals surface area (Å²) in [7, 11) is 0. The van der Waals surface area contributed by atoms with Gasteiger partial charge in [-0.25, -0.2) is 4.98 Å². The molecule has 1 N–H and O–H groups in total. The summed E-state index contributed by atoms with van der Waals surface area (Å²) in [4.78, 5) is 19.9. The van der Waals surface area contributed by atoms with Crippen LogP contribution in [0.15, 0.2) is 6.20 Å². The summed E-state index contributed by atoms with van der Waals surface area (Å²) in [5, 5.41) is 4.09. The molecule has 4 nitrogen and oxygen atoms in total. The Morgan fingerprint density at radius 3 is 3.00 bits per heavy atom. The third-order valence-electron chi connectivity index (χ3n) is 3.33. The molecule has 1 atom stereocenters. The number of anilines is 1. The Bertz CT molecular complexity index is 427. The minimum atomic E-state index is 0.00106. The number of amides is 1. The molecule has 1 saturated carbocycles. The summed E-state index contributed by atoms with van der Waals surface area (Å²) < 4.78 is 0. The molecule has 2 aliphatic rings. The molecule has 2 fully saturated rings. The zero-order chi connectivity index (χ0) is 11.8. The Morgan fingerprint density at radius 2 is 2.35 bits per heavy atom. The highest BCUT2D eigenvalue weighted by atomic mass is 32.1. The van der Waals surface area contributed by atoms with Crippen molar-refractivity contribution < 1.29 is 4.79 Å². The average molecular weight is 251 g/mol. The number of nitrogens with one attached hydrogen (secondary N) is 1. The van der Waals surface area contributed by atoms with Crippen LogP contribution in [-0.4, -0.2) is 29.5 Å². The number of aryl methyl sites for hydroxylation is 1. The Balaban J connectivity index is 1.72. The summed E-state index contributed by atoms with van der Waals surface area (Å²) in [5.74, 6) is 0.192. The van der Waals surface area contributed by atoms with E-state index < -0.39 is 0 Å². The molecular weight excluding hydrogens is 234 g/mol. The lowest BCUT2D eigenvalue weighted by atomic mass is 10.2. The molecule has 1 amide bonds. The molecule has 1 aromatic heterocycles. The van der Waals surface area contributed by atoms with Gasteiger partial charge in [-0.2, -0.15) is 0 Å². The van der Waals surface area contributed by atoms with Crippen molar-refractivity contribution in [2.75, 3.05) is 11.4 Å². The maximum absolute atomic E-state index is 12.1. The topological polar surface area (TPSA) is 45.2 Å². The molecule has 1 unspecified atom stereocenters. The van der Waals surface area contributed by atoms with Gasteiger partial charge in [0, 0.05) is 23.7 Å². The van der Waals surface area contributed by atoms with E-state index in [2.05, 4.69) is 22.1 Å². The van der Waals surface area contributed by atoms with E-state index in [4.69, 9.17) is 0 Å². The van der Waals surface area contributed by atoms with Crippen molar-refractivity contribution in [2.45, 2.75) is 44.7 Å². The number of thiazole rings is 1. The van der Waals surface area contributed by atoms with Gasteiger partial charge in [-0.05, 0) is 32.6 Å². The number of rotatable bonds is 3. The largest absolute Gasteiger partial charge is 0.352 e. The highest BCUT2D eigenvalue weighted by molar-refractivity contribution is 7.15. The van der Waals surface area contributed by atoms with E-state index in [0.717, 1.165) is 37.4 Å². The van der Waals surface area contributed by atoms with Crippen LogP contribution in [-0.2, 0) is 4.79 Å². The van der Waals surface area contributed by atoms with Gasteiger partial charge < -0.3 is 10.2 Å². The first-order valence-corrected chi connectivity index (χ1v) is 7.05. The smallest absolute Gasteiger partial charge is 0.243 e. The van der Waals surface area contributed by atoms with E-state index in [1.807, 2.05) is 6.20 Å². The Morgan fingerprint density at radius 1 is 1.53 bits per heavy atom. The molecule has 1 aliphatic carbocycles. The zero-order valence-corrected chi connectivity index (χ0v) is 10.8. The highest BCUT2D eigenvalue weighted by Gasteiger charge is 2.35. The van der Waals surface area contributed by atoms with Crippen LogP contribution in [0.5, 0.6) is 0 Å². The number of hydrogen-bond acceptors (Lipinski definition) is 4. The van der Waals surface area contributed by atoms with Gasteiger partial charge >= 0.3 is 0 Å². The third-order valence-corrected chi connectivity index (χ3v) is 4.28. The van der Waals surface area contributed by atoms with Crippen molar-refractivity contribution in [2.24, 2.45) is 0 Å². The molecule has 0 radical (unpaired) electrons. The predicted octanol–water partition coefficient (Wildman–Crippen LogP) is 1.70. The van der Waals surface area contributed by atoms with Crippen LogP contribution in [0.25, 0.3) is 0 Å². The van der Waals surface area contributed by atoms with E-state index in [9.17, 15) is 4.79 Å². The maximum Gasteiger partial charge on any atom is 0.243 e. The quantitative estimate of drug-likeness (QED) is 0.889. The van der Waals surface area contributed by atoms with Gasteiger partial charge in [0.15, 0.2) is 5.13 Å². The zero-order valence-electron chi connectivity index (χ0n) is 9.98. The fourth-order valence-corrected chi connectivity index (χ4v) is 3.10. The summed E-state index contributed by atoms with van der Waals surface area (Å²) >= 11 is 1.68. The molecular formula is C12H17N3OS. The number of aromatic nitrogens is 1. The molecule has 1 aromatic rings. The Labute approximate surface area is 105 Å². The lowest BCUT2D eigenvalue weighted by molar-refractivity contribution is -0.122. The average Bonchev–Trinajstić information content (AvgIpc) is 2.81. The first kappa shape index (κ1) is 11.0. The van der Waals surface area contributed by atoms with E-state index in [1.165, 1.54) is 4.88 Å². The van der Waals surface area contributed by atoms with Gasteiger partial charge in [0.25, 0.3) is 0 Å². The van der Waals surface area contributed by atoms with Gasteiger partial charge in [-0.1, -0.05) is 0 Å². The molecule has 1 aliphatic heterocycles. The first-order valence-electron chi connectivity index (χ1n) is 6.23. The van der Waals surface area contributed by atoms with Crippen LogP contribution in [0.1, 0.15) is 30.6 Å². The first-order chi connectivity index (χ1) is 8.24. The van der Waals surface area contributed by atoms with Crippen LogP contribution in [0.3, 0.4) is 0 Å². The monoisotopic (exact) mass is 251 g/mol. The Kier molecular flexibility index (Phi) is 2.78. The molecule has 1 saturated heterocycles. The number of carbonyl (C=O) groups excluding carboxylic acids is 1. The van der Waals surface area contributed by atoms with Crippen molar-refractivity contribution in [3.63, 3.8) is 0 Å². The maximum atomic E-state index is 12.1. The van der Waals surface area contributed by atoms with Crippen LogP contribution < -0.4 is 10.2 Å². The number of carbonyl (C=O) groups is 1. The second-order valence-electron chi connectivity index (χ2n) is 4.89. The second-order valence-corrected chi connectivity index (χ2v) is 6.10. The van der Waals surface area contributed by atoms with Crippen LogP contribution >= 0.6 is 11.3 Å². The fourth-order valence-electron chi connectivity index (χ4n) is 2.27. The lowest BCUT2D eigenvalue weighted by Crippen LogP contribution is -2.44. The van der Waals surface area contributed by atoms with Crippen molar-refractivity contribution in [1.29, 1.82) is 0 Å². The molecule has 0 bridgehead atoms. The molecule has 3 rings (SSSR count). The van der Waals surface area contributed by atoms with Crippen LogP contribution in [0.2, 0.25) is 0 Å². The molecule has 0 aromatic carbocycles. The van der Waals surface area contributed by atoms with Crippen LogP contribution in [0, 0.1) is 6.92 Å². The van der Waals surface area contributed by atoms with E-state index in [0.29, 0.717) is 6.04 Å². The predicted molar refractivity (Wildman–Crippen MR) is 68.4 cm³/mol. The van der Waals surface area contributed by atoms with E-state index >= 15 is 0 Å². The number of hydrogen-bond donors (Lipinski definition) is 1. The van der Waals surface area contributed by atoms with Gasteiger partial charge in [-0.3, -0.25) is 4.79 Å². The second kappa shape index (κ2) is 4.29. The summed E-state index contributed by atoms with van der Waals surface area (Å²) in [6, 6.07) is 0.448. The minimum absolute atomic E-state index is 0.00106. The minimum Gasteiger partial charge on any atom is -0.352 e. The standard InChI is InChI=1S/C12H17N3OS/c1-8-7-13-12(17-8)15-6-2-3-10(15)11(16)14-9-4-5-9/h7,9-10H,2-6H2,1H3,(H,14,16). The number of nitrogens with zero attached hydrogens (tertiary/aromatic N) is 2. The van der Waals surface area contributed by atoms with Gasteiger partial charge in [-0.15, -0.1) is 11.3 Å². The van der Waals surface area contributed by atoms with Crippen molar-refractivity contribution >= 4 is 22.4 Å². The summed E-state index contributed by atoms with van der Waals surface area (Å²) in [5.41, 5.74) is 0. The normalized spacial score (nSPS) is 24.1. The van der Waals surface area contributed by atoms with Crippen molar-refractivity contribution in [3.05, 3.63) is 11.1 Å². The van der Waals surface area contributed by atoms with E-state index in [-0.39, 0.29) is 11.9 Å².